The van der Waals surface area contributed by atoms with Crippen molar-refractivity contribution in [2.45, 2.75) is 20.3 Å². The van der Waals surface area contributed by atoms with E-state index in [-0.39, 0.29) is 23.3 Å². The van der Waals surface area contributed by atoms with Crippen molar-refractivity contribution in [3.63, 3.8) is 0 Å². The fourth-order valence-corrected chi connectivity index (χ4v) is 2.20. The summed E-state index contributed by atoms with van der Waals surface area (Å²) in [5, 5.41) is 5.57. The predicted molar refractivity (Wildman–Crippen MR) is 94.2 cm³/mol. The maximum Gasteiger partial charge on any atom is 0.257 e. The Morgan fingerprint density at radius 3 is 2.25 bits per heavy atom. The van der Waals surface area contributed by atoms with Crippen LogP contribution >= 0.6 is 0 Å². The molecule has 0 unspecified atom stereocenters. The van der Waals surface area contributed by atoms with Crippen LogP contribution in [0.5, 0.6) is 0 Å². The summed E-state index contributed by atoms with van der Waals surface area (Å²) in [6.45, 7) is 3.93. The van der Waals surface area contributed by atoms with E-state index in [1.807, 2.05) is 13.8 Å². The Hall–Kier alpha value is -2.89. The van der Waals surface area contributed by atoms with Crippen molar-refractivity contribution < 1.29 is 9.59 Å². The van der Waals surface area contributed by atoms with Crippen LogP contribution in [-0.4, -0.2) is 16.4 Å². The molecule has 1 heterocycles. The zero-order valence-corrected chi connectivity index (χ0v) is 14.0. The lowest BCUT2D eigenvalue weighted by molar-refractivity contribution is -0.116. The SMILES string of the molecule is CC(C)CC(=O)Nc1ccccc1NC(=O)c1ccc(=O)n(C)c1. The van der Waals surface area contributed by atoms with Crippen LogP contribution in [0.4, 0.5) is 11.4 Å². The second-order valence-electron chi connectivity index (χ2n) is 6.01. The molecule has 6 nitrogen and oxygen atoms in total. The van der Waals surface area contributed by atoms with Gasteiger partial charge < -0.3 is 15.2 Å². The number of pyridine rings is 1. The van der Waals surface area contributed by atoms with E-state index in [1.54, 1.807) is 31.3 Å². The molecule has 1 aromatic heterocycles. The Kier molecular flexibility index (Phi) is 5.52. The molecular weight excluding hydrogens is 306 g/mol. The van der Waals surface area contributed by atoms with Crippen LogP contribution < -0.4 is 16.2 Å². The molecule has 6 heteroatoms. The average Bonchev–Trinajstić information content (AvgIpc) is 2.51. The summed E-state index contributed by atoms with van der Waals surface area (Å²) in [5.74, 6) is -0.206. The maximum atomic E-state index is 12.4. The Morgan fingerprint density at radius 1 is 1.04 bits per heavy atom. The van der Waals surface area contributed by atoms with Crippen LogP contribution in [0.3, 0.4) is 0 Å². The van der Waals surface area contributed by atoms with E-state index >= 15 is 0 Å². The quantitative estimate of drug-likeness (QED) is 0.886. The molecular formula is C18H21N3O3. The molecule has 2 amide bonds. The predicted octanol–water partition coefficient (Wildman–Crippen LogP) is 2.62. The van der Waals surface area contributed by atoms with E-state index in [0.29, 0.717) is 23.4 Å². The van der Waals surface area contributed by atoms with Gasteiger partial charge >= 0.3 is 0 Å². The van der Waals surface area contributed by atoms with Crippen molar-refractivity contribution in [3.8, 4) is 0 Å². The number of nitrogens with zero attached hydrogens (tertiary/aromatic N) is 1. The first-order chi connectivity index (χ1) is 11.4. The first-order valence-electron chi connectivity index (χ1n) is 7.73. The molecule has 2 N–H and O–H groups in total. The number of carbonyl (C=O) groups excluding carboxylic acids is 2. The number of carbonyl (C=O) groups is 2. The maximum absolute atomic E-state index is 12.4. The Balaban J connectivity index is 2.17. The number of nitrogens with one attached hydrogen (secondary N) is 2. The number of hydrogen-bond donors (Lipinski definition) is 2. The van der Waals surface area contributed by atoms with Gasteiger partial charge in [0.2, 0.25) is 11.5 Å². The van der Waals surface area contributed by atoms with E-state index in [1.165, 1.54) is 22.9 Å². The topological polar surface area (TPSA) is 80.2 Å². The third-order valence-electron chi connectivity index (χ3n) is 3.39. The summed E-state index contributed by atoms with van der Waals surface area (Å²) >= 11 is 0. The summed E-state index contributed by atoms with van der Waals surface area (Å²) in [4.78, 5) is 35.7. The second-order valence-corrected chi connectivity index (χ2v) is 6.01. The minimum Gasteiger partial charge on any atom is -0.324 e. The third-order valence-corrected chi connectivity index (χ3v) is 3.39. The number of aryl methyl sites for hydroxylation is 1. The van der Waals surface area contributed by atoms with E-state index in [9.17, 15) is 14.4 Å². The zero-order chi connectivity index (χ0) is 17.7. The number of aromatic nitrogens is 1. The van der Waals surface area contributed by atoms with Crippen molar-refractivity contribution in [3.05, 3.63) is 58.5 Å². The summed E-state index contributed by atoms with van der Waals surface area (Å²) in [7, 11) is 1.58. The van der Waals surface area contributed by atoms with Crippen molar-refractivity contribution in [2.24, 2.45) is 13.0 Å². The molecule has 2 aromatic rings. The van der Waals surface area contributed by atoms with Crippen molar-refractivity contribution >= 4 is 23.2 Å². The standard InChI is InChI=1S/C18H21N3O3/c1-12(2)10-16(22)19-14-6-4-5-7-15(14)20-18(24)13-8-9-17(23)21(3)11-13/h4-9,11-12H,10H2,1-3H3,(H,19,22)(H,20,24). The lowest BCUT2D eigenvalue weighted by Crippen LogP contribution is -2.20. The first-order valence-corrected chi connectivity index (χ1v) is 7.73. The fourth-order valence-electron chi connectivity index (χ4n) is 2.20. The summed E-state index contributed by atoms with van der Waals surface area (Å²) in [6.07, 6.45) is 1.88. The fraction of sp³-hybridized carbons (Fsp3) is 0.278. The minimum absolute atomic E-state index is 0.103. The van der Waals surface area contributed by atoms with Gasteiger partial charge in [0.05, 0.1) is 16.9 Å². The summed E-state index contributed by atoms with van der Waals surface area (Å²) in [5.41, 5.74) is 1.23. The van der Waals surface area contributed by atoms with Crippen molar-refractivity contribution in [2.75, 3.05) is 10.6 Å². The number of hydrogen-bond acceptors (Lipinski definition) is 3. The van der Waals surface area contributed by atoms with E-state index in [2.05, 4.69) is 10.6 Å². The van der Waals surface area contributed by atoms with Gasteiger partial charge in [-0.15, -0.1) is 0 Å². The Morgan fingerprint density at radius 2 is 1.67 bits per heavy atom. The van der Waals surface area contributed by atoms with Crippen LogP contribution in [0.25, 0.3) is 0 Å². The zero-order valence-electron chi connectivity index (χ0n) is 14.0. The van der Waals surface area contributed by atoms with Gasteiger partial charge in [-0.25, -0.2) is 0 Å². The summed E-state index contributed by atoms with van der Waals surface area (Å²) < 4.78 is 1.34. The minimum atomic E-state index is -0.351. The molecule has 0 bridgehead atoms. The van der Waals surface area contributed by atoms with Gasteiger partial charge in [0.25, 0.3) is 5.91 Å². The molecule has 0 radical (unpaired) electrons. The molecule has 2 rings (SSSR count). The normalized spacial score (nSPS) is 10.5. The molecule has 0 aliphatic carbocycles. The van der Waals surface area contributed by atoms with Crippen molar-refractivity contribution in [1.82, 2.24) is 4.57 Å². The largest absolute Gasteiger partial charge is 0.324 e. The molecule has 24 heavy (non-hydrogen) atoms. The lowest BCUT2D eigenvalue weighted by Gasteiger charge is -2.13. The van der Waals surface area contributed by atoms with Gasteiger partial charge in [-0.05, 0) is 24.1 Å². The number of benzene rings is 1. The van der Waals surface area contributed by atoms with Gasteiger partial charge in [0, 0.05) is 25.7 Å². The third kappa shape index (κ3) is 4.55. The van der Waals surface area contributed by atoms with Crippen LogP contribution in [0, 0.1) is 5.92 Å². The Bertz CT molecular complexity index is 809. The van der Waals surface area contributed by atoms with Crippen molar-refractivity contribution in [1.29, 1.82) is 0 Å². The van der Waals surface area contributed by atoms with Gasteiger partial charge in [-0.1, -0.05) is 26.0 Å². The van der Waals surface area contributed by atoms with Crippen LogP contribution in [-0.2, 0) is 11.8 Å². The second kappa shape index (κ2) is 7.59. The number of rotatable bonds is 5. The Labute approximate surface area is 140 Å². The monoisotopic (exact) mass is 327 g/mol. The van der Waals surface area contributed by atoms with Gasteiger partial charge in [-0.2, -0.15) is 0 Å². The summed E-state index contributed by atoms with van der Waals surface area (Å²) in [6, 6.07) is 9.81. The highest BCUT2D eigenvalue weighted by atomic mass is 16.2. The molecule has 0 spiro atoms. The highest BCUT2D eigenvalue weighted by Crippen LogP contribution is 2.22. The molecule has 0 saturated heterocycles. The molecule has 0 aliphatic heterocycles. The van der Waals surface area contributed by atoms with Crippen LogP contribution in [0.15, 0.2) is 47.4 Å². The average molecular weight is 327 g/mol. The van der Waals surface area contributed by atoms with Gasteiger partial charge in [-0.3, -0.25) is 14.4 Å². The van der Waals surface area contributed by atoms with Crippen LogP contribution in [0.1, 0.15) is 30.6 Å². The van der Waals surface area contributed by atoms with E-state index < -0.39 is 0 Å². The molecule has 0 fully saturated rings. The molecule has 0 atom stereocenters. The highest BCUT2D eigenvalue weighted by molar-refractivity contribution is 6.07. The molecule has 0 aliphatic rings. The van der Waals surface area contributed by atoms with Gasteiger partial charge in [0.15, 0.2) is 0 Å². The van der Waals surface area contributed by atoms with Crippen LogP contribution in [0.2, 0.25) is 0 Å². The van der Waals surface area contributed by atoms with E-state index in [4.69, 9.17) is 0 Å². The first kappa shape index (κ1) is 17.5. The highest BCUT2D eigenvalue weighted by Gasteiger charge is 2.12. The molecule has 0 saturated carbocycles. The molecule has 126 valence electrons. The number of anilines is 2. The molecule has 1 aromatic carbocycles. The smallest absolute Gasteiger partial charge is 0.257 e. The number of para-hydroxylation sites is 2. The van der Waals surface area contributed by atoms with Gasteiger partial charge in [0.1, 0.15) is 0 Å². The van der Waals surface area contributed by atoms with E-state index in [0.717, 1.165) is 0 Å². The number of amides is 2. The lowest BCUT2D eigenvalue weighted by atomic mass is 10.1.